The Hall–Kier alpha value is -2.12. The molecular formula is C15H11ClF2N2. The van der Waals surface area contributed by atoms with Gasteiger partial charge in [0.2, 0.25) is 0 Å². The minimum atomic E-state index is -0.447. The molecule has 1 N–H and O–H groups in total. The fourth-order valence-corrected chi connectivity index (χ4v) is 2.02. The topological polar surface area (TPSA) is 35.8 Å². The van der Waals surface area contributed by atoms with Gasteiger partial charge in [-0.1, -0.05) is 17.7 Å². The van der Waals surface area contributed by atoms with E-state index in [1.807, 2.05) is 6.07 Å². The molecule has 0 radical (unpaired) electrons. The van der Waals surface area contributed by atoms with Gasteiger partial charge in [-0.15, -0.1) is 0 Å². The van der Waals surface area contributed by atoms with Crippen molar-refractivity contribution < 1.29 is 8.78 Å². The Kier molecular flexibility index (Phi) is 4.21. The number of nitriles is 1. The van der Waals surface area contributed by atoms with Crippen LogP contribution in [0, 0.1) is 29.9 Å². The molecule has 5 heteroatoms. The molecule has 2 aromatic rings. The van der Waals surface area contributed by atoms with E-state index in [1.54, 1.807) is 19.1 Å². The van der Waals surface area contributed by atoms with Crippen molar-refractivity contribution >= 4 is 17.3 Å². The van der Waals surface area contributed by atoms with Crippen LogP contribution in [-0.2, 0) is 6.54 Å². The first-order chi connectivity index (χ1) is 9.51. The van der Waals surface area contributed by atoms with Crippen molar-refractivity contribution in [2.24, 2.45) is 0 Å². The monoisotopic (exact) mass is 292 g/mol. The van der Waals surface area contributed by atoms with Gasteiger partial charge >= 0.3 is 0 Å². The molecule has 2 nitrogen and oxygen atoms in total. The van der Waals surface area contributed by atoms with Crippen molar-refractivity contribution in [1.82, 2.24) is 0 Å². The lowest BCUT2D eigenvalue weighted by Gasteiger charge is -2.12. The highest BCUT2D eigenvalue weighted by Crippen LogP contribution is 2.23. The molecule has 20 heavy (non-hydrogen) atoms. The molecule has 0 unspecified atom stereocenters. The average Bonchev–Trinajstić information content (AvgIpc) is 2.41. The van der Waals surface area contributed by atoms with Crippen LogP contribution < -0.4 is 5.32 Å². The zero-order chi connectivity index (χ0) is 14.7. The van der Waals surface area contributed by atoms with Gasteiger partial charge in [0, 0.05) is 22.8 Å². The number of hydrogen-bond acceptors (Lipinski definition) is 2. The quantitative estimate of drug-likeness (QED) is 0.909. The summed E-state index contributed by atoms with van der Waals surface area (Å²) in [5.41, 5.74) is 1.86. The van der Waals surface area contributed by atoms with E-state index in [0.29, 0.717) is 28.4 Å². The van der Waals surface area contributed by atoms with Crippen molar-refractivity contribution in [2.75, 3.05) is 5.32 Å². The summed E-state index contributed by atoms with van der Waals surface area (Å²) in [5.74, 6) is -0.857. The third kappa shape index (κ3) is 3.06. The van der Waals surface area contributed by atoms with Crippen LogP contribution in [0.1, 0.15) is 16.7 Å². The zero-order valence-electron chi connectivity index (χ0n) is 10.7. The third-order valence-electron chi connectivity index (χ3n) is 2.96. The van der Waals surface area contributed by atoms with Crippen molar-refractivity contribution in [2.45, 2.75) is 13.5 Å². The maximum absolute atomic E-state index is 13.6. The van der Waals surface area contributed by atoms with Gasteiger partial charge < -0.3 is 5.32 Å². The van der Waals surface area contributed by atoms with E-state index in [2.05, 4.69) is 5.32 Å². The second-order valence-electron chi connectivity index (χ2n) is 4.33. The molecule has 0 aromatic heterocycles. The molecule has 0 aliphatic carbocycles. The van der Waals surface area contributed by atoms with Crippen molar-refractivity contribution in [3.8, 4) is 6.07 Å². The van der Waals surface area contributed by atoms with E-state index >= 15 is 0 Å². The van der Waals surface area contributed by atoms with E-state index in [-0.39, 0.29) is 5.56 Å². The minimum absolute atomic E-state index is 0.237. The average molecular weight is 293 g/mol. The maximum Gasteiger partial charge on any atom is 0.129 e. The molecule has 0 saturated heterocycles. The van der Waals surface area contributed by atoms with Gasteiger partial charge in [0.05, 0.1) is 11.6 Å². The predicted molar refractivity (Wildman–Crippen MR) is 74.6 cm³/mol. The summed E-state index contributed by atoms with van der Waals surface area (Å²) >= 11 is 5.92. The fraction of sp³-hybridized carbons (Fsp3) is 0.133. The minimum Gasteiger partial charge on any atom is -0.381 e. The van der Waals surface area contributed by atoms with Gasteiger partial charge in [0.15, 0.2) is 0 Å². The van der Waals surface area contributed by atoms with Gasteiger partial charge in [-0.2, -0.15) is 5.26 Å². The van der Waals surface area contributed by atoms with Crippen molar-refractivity contribution in [3.63, 3.8) is 0 Å². The summed E-state index contributed by atoms with van der Waals surface area (Å²) in [5, 5.41) is 12.1. The lowest BCUT2D eigenvalue weighted by Crippen LogP contribution is -2.03. The summed E-state index contributed by atoms with van der Waals surface area (Å²) in [6, 6.07) is 8.74. The standard InChI is InChI=1S/C15H11ClF2N2/c1-9-14(18)4-10(7-19)5-15(9)20-8-11-2-3-12(17)6-13(11)16/h2-6,20H,8H2,1H3. The maximum atomic E-state index is 13.6. The van der Waals surface area contributed by atoms with E-state index < -0.39 is 11.6 Å². The summed E-state index contributed by atoms with van der Waals surface area (Å²) in [7, 11) is 0. The highest BCUT2D eigenvalue weighted by Gasteiger charge is 2.08. The Balaban J connectivity index is 2.23. The highest BCUT2D eigenvalue weighted by atomic mass is 35.5. The van der Waals surface area contributed by atoms with Gasteiger partial charge in [0.25, 0.3) is 0 Å². The number of rotatable bonds is 3. The fourth-order valence-electron chi connectivity index (χ4n) is 1.78. The number of halogens is 3. The second-order valence-corrected chi connectivity index (χ2v) is 4.74. The molecule has 2 rings (SSSR count). The van der Waals surface area contributed by atoms with Gasteiger partial charge in [-0.05, 0) is 36.8 Å². The molecule has 0 saturated carbocycles. The SMILES string of the molecule is Cc1c(F)cc(C#N)cc1NCc1ccc(F)cc1Cl. The van der Waals surface area contributed by atoms with Crippen LogP contribution >= 0.6 is 11.6 Å². The number of anilines is 1. The van der Waals surface area contributed by atoms with Crippen LogP contribution in [0.4, 0.5) is 14.5 Å². The normalized spacial score (nSPS) is 10.2. The third-order valence-corrected chi connectivity index (χ3v) is 3.31. The first kappa shape index (κ1) is 14.3. The Labute approximate surface area is 120 Å². The molecule has 102 valence electrons. The summed E-state index contributed by atoms with van der Waals surface area (Å²) < 4.78 is 26.6. The predicted octanol–water partition coefficient (Wildman–Crippen LogP) is 4.41. The smallest absolute Gasteiger partial charge is 0.129 e. The number of nitrogens with one attached hydrogen (secondary N) is 1. The molecule has 0 heterocycles. The van der Waals surface area contributed by atoms with Crippen molar-refractivity contribution in [3.05, 3.63) is 63.7 Å². The summed E-state index contributed by atoms with van der Waals surface area (Å²) in [6.45, 7) is 1.93. The highest BCUT2D eigenvalue weighted by molar-refractivity contribution is 6.31. The Morgan fingerprint density at radius 2 is 2.00 bits per heavy atom. The number of hydrogen-bond donors (Lipinski definition) is 1. The van der Waals surface area contributed by atoms with E-state index in [4.69, 9.17) is 16.9 Å². The summed E-state index contributed by atoms with van der Waals surface area (Å²) in [4.78, 5) is 0. The van der Waals surface area contributed by atoms with Crippen LogP contribution in [0.2, 0.25) is 5.02 Å². The van der Waals surface area contributed by atoms with Crippen LogP contribution in [0.5, 0.6) is 0 Å². The molecule has 0 aliphatic heterocycles. The van der Waals surface area contributed by atoms with E-state index in [1.165, 1.54) is 18.2 Å². The Morgan fingerprint density at radius 3 is 2.65 bits per heavy atom. The zero-order valence-corrected chi connectivity index (χ0v) is 11.4. The molecule has 0 atom stereocenters. The van der Waals surface area contributed by atoms with Crippen LogP contribution in [0.3, 0.4) is 0 Å². The van der Waals surface area contributed by atoms with Gasteiger partial charge in [-0.3, -0.25) is 0 Å². The molecule has 0 amide bonds. The first-order valence-electron chi connectivity index (χ1n) is 5.89. The first-order valence-corrected chi connectivity index (χ1v) is 6.27. The van der Waals surface area contributed by atoms with Gasteiger partial charge in [-0.25, -0.2) is 8.78 Å². The van der Waals surface area contributed by atoms with Crippen LogP contribution in [0.25, 0.3) is 0 Å². The number of nitrogens with zero attached hydrogens (tertiary/aromatic N) is 1. The number of benzene rings is 2. The molecular weight excluding hydrogens is 282 g/mol. The Morgan fingerprint density at radius 1 is 1.25 bits per heavy atom. The summed E-state index contributed by atoms with van der Waals surface area (Å²) in [6.07, 6.45) is 0. The van der Waals surface area contributed by atoms with Crippen LogP contribution in [0.15, 0.2) is 30.3 Å². The van der Waals surface area contributed by atoms with E-state index in [0.717, 1.165) is 0 Å². The molecule has 0 aliphatic rings. The lowest BCUT2D eigenvalue weighted by molar-refractivity contribution is 0.618. The molecule has 0 fully saturated rings. The largest absolute Gasteiger partial charge is 0.381 e. The van der Waals surface area contributed by atoms with Crippen molar-refractivity contribution in [1.29, 1.82) is 5.26 Å². The molecule has 0 bridgehead atoms. The second kappa shape index (κ2) is 5.89. The Bertz CT molecular complexity index is 693. The lowest BCUT2D eigenvalue weighted by atomic mass is 10.1. The van der Waals surface area contributed by atoms with E-state index in [9.17, 15) is 8.78 Å². The van der Waals surface area contributed by atoms with Gasteiger partial charge in [0.1, 0.15) is 11.6 Å². The molecule has 2 aromatic carbocycles. The molecule has 0 spiro atoms. The van der Waals surface area contributed by atoms with Crippen LogP contribution in [-0.4, -0.2) is 0 Å².